The van der Waals surface area contributed by atoms with E-state index < -0.39 is 0 Å². The normalized spacial score (nSPS) is 20.1. The molecule has 0 radical (unpaired) electrons. The highest BCUT2D eigenvalue weighted by atomic mass is 16.2. The molecule has 0 bridgehead atoms. The van der Waals surface area contributed by atoms with Gasteiger partial charge in [0.25, 0.3) is 5.56 Å². The van der Waals surface area contributed by atoms with Crippen molar-refractivity contribution in [3.63, 3.8) is 0 Å². The lowest BCUT2D eigenvalue weighted by Gasteiger charge is -2.32. The summed E-state index contributed by atoms with van der Waals surface area (Å²) in [5, 5.41) is 6.37. The van der Waals surface area contributed by atoms with Crippen LogP contribution in [0.25, 0.3) is 10.9 Å². The number of hydrogen-bond acceptors (Lipinski definition) is 5. The van der Waals surface area contributed by atoms with Gasteiger partial charge in [-0.1, -0.05) is 24.3 Å². The van der Waals surface area contributed by atoms with Crippen molar-refractivity contribution >= 4 is 34.1 Å². The Bertz CT molecular complexity index is 1190. The van der Waals surface area contributed by atoms with Gasteiger partial charge in [-0.05, 0) is 30.7 Å². The van der Waals surface area contributed by atoms with Crippen LogP contribution in [0.15, 0.2) is 59.7 Å². The number of carbonyl (C=O) groups is 2. The summed E-state index contributed by atoms with van der Waals surface area (Å²) < 4.78 is 1.31. The molecule has 8 nitrogen and oxygen atoms in total. The molecule has 2 aromatic carbocycles. The summed E-state index contributed by atoms with van der Waals surface area (Å²) in [5.41, 5.74) is 2.10. The fourth-order valence-electron chi connectivity index (χ4n) is 4.15. The molecule has 1 saturated heterocycles. The van der Waals surface area contributed by atoms with E-state index in [0.717, 1.165) is 11.4 Å². The molecule has 8 heteroatoms. The molecule has 5 rings (SSSR count). The second-order valence-corrected chi connectivity index (χ2v) is 7.37. The zero-order chi connectivity index (χ0) is 20.0. The number of fused-ring (bicyclic) bond motifs is 4. The molecule has 0 spiro atoms. The van der Waals surface area contributed by atoms with Gasteiger partial charge < -0.3 is 15.5 Å². The molecule has 0 aliphatic carbocycles. The largest absolute Gasteiger partial charge is 0.356 e. The third-order valence-corrected chi connectivity index (χ3v) is 5.49. The monoisotopic (exact) mass is 389 g/mol. The standard InChI is InChI=1S/C21H19N5O3/c27-19(11-25-12-22-15-6-2-1-5-14(15)21(25)29)23-13-9-18-20(28)24-16-7-3-4-8-17(16)26(18)10-13/h1-8,12-13,18H,9-11H2,(H,23,27)(H,24,28). The average molecular weight is 389 g/mol. The molecule has 1 aromatic heterocycles. The van der Waals surface area contributed by atoms with Gasteiger partial charge in [-0.2, -0.15) is 0 Å². The molecule has 0 saturated carbocycles. The van der Waals surface area contributed by atoms with E-state index in [-0.39, 0.29) is 36.0 Å². The molecule has 3 aromatic rings. The Hall–Kier alpha value is -3.68. The Kier molecular flexibility index (Phi) is 4.04. The van der Waals surface area contributed by atoms with Crippen molar-refractivity contribution in [3.8, 4) is 0 Å². The number of nitrogens with zero attached hydrogens (tertiary/aromatic N) is 3. The Morgan fingerprint density at radius 2 is 1.93 bits per heavy atom. The molecular weight excluding hydrogens is 370 g/mol. The van der Waals surface area contributed by atoms with Gasteiger partial charge in [0.1, 0.15) is 12.6 Å². The summed E-state index contributed by atoms with van der Waals surface area (Å²) in [7, 11) is 0. The predicted octanol–water partition coefficient (Wildman–Crippen LogP) is 1.11. The Balaban J connectivity index is 1.31. The quantitative estimate of drug-likeness (QED) is 0.700. The minimum atomic E-state index is -0.305. The molecule has 146 valence electrons. The molecule has 2 unspecified atom stereocenters. The number of amides is 2. The first-order valence-corrected chi connectivity index (χ1v) is 9.50. The van der Waals surface area contributed by atoms with Crippen LogP contribution in [-0.2, 0) is 16.1 Å². The van der Waals surface area contributed by atoms with E-state index in [1.54, 1.807) is 18.2 Å². The van der Waals surface area contributed by atoms with Gasteiger partial charge in [0.05, 0.1) is 28.6 Å². The maximum absolute atomic E-state index is 12.6. The number of para-hydroxylation sites is 3. The van der Waals surface area contributed by atoms with Gasteiger partial charge in [-0.25, -0.2) is 4.98 Å². The summed E-state index contributed by atoms with van der Waals surface area (Å²) in [5.74, 6) is -0.335. The van der Waals surface area contributed by atoms with Gasteiger partial charge in [-0.15, -0.1) is 0 Å². The number of aromatic nitrogens is 2. The van der Waals surface area contributed by atoms with Crippen LogP contribution in [0.4, 0.5) is 11.4 Å². The first kappa shape index (κ1) is 17.4. The SMILES string of the molecule is O=C(Cn1cnc2ccccc2c1=O)NC1CC2C(=O)Nc3ccccc3N2C1. The zero-order valence-electron chi connectivity index (χ0n) is 15.5. The topological polar surface area (TPSA) is 96.3 Å². The number of benzene rings is 2. The highest BCUT2D eigenvalue weighted by Crippen LogP contribution is 2.36. The van der Waals surface area contributed by atoms with Crippen LogP contribution in [0.1, 0.15) is 6.42 Å². The molecule has 2 atom stereocenters. The summed E-state index contributed by atoms with van der Waals surface area (Å²) in [6.07, 6.45) is 1.92. The molecule has 29 heavy (non-hydrogen) atoms. The maximum atomic E-state index is 12.6. The van der Waals surface area contributed by atoms with Gasteiger partial charge in [0, 0.05) is 12.6 Å². The minimum absolute atomic E-state index is 0.0598. The third-order valence-electron chi connectivity index (χ3n) is 5.49. The van der Waals surface area contributed by atoms with Crippen LogP contribution < -0.4 is 21.1 Å². The van der Waals surface area contributed by atoms with Crippen molar-refractivity contribution < 1.29 is 9.59 Å². The lowest BCUT2D eigenvalue weighted by Crippen LogP contribution is -2.44. The Labute approximate surface area is 166 Å². The van der Waals surface area contributed by atoms with Crippen LogP contribution in [-0.4, -0.2) is 40.0 Å². The molecule has 1 fully saturated rings. The first-order valence-electron chi connectivity index (χ1n) is 9.50. The fourth-order valence-corrected chi connectivity index (χ4v) is 4.15. The number of rotatable bonds is 3. The number of nitrogens with one attached hydrogen (secondary N) is 2. The fraction of sp³-hybridized carbons (Fsp3) is 0.238. The summed E-state index contributed by atoms with van der Waals surface area (Å²) in [6, 6.07) is 14.2. The first-order chi connectivity index (χ1) is 14.1. The van der Waals surface area contributed by atoms with Crippen molar-refractivity contribution in [2.24, 2.45) is 0 Å². The molecule has 2 amide bonds. The second kappa shape index (κ2) is 6.73. The van der Waals surface area contributed by atoms with Crippen molar-refractivity contribution in [2.75, 3.05) is 16.8 Å². The highest BCUT2D eigenvalue weighted by molar-refractivity contribution is 6.04. The lowest BCUT2D eigenvalue weighted by molar-refractivity contribution is -0.122. The number of hydrogen-bond donors (Lipinski definition) is 2. The summed E-state index contributed by atoms with van der Waals surface area (Å²) in [6.45, 7) is 0.437. The number of carbonyl (C=O) groups excluding carboxylic acids is 2. The summed E-state index contributed by atoms with van der Waals surface area (Å²) in [4.78, 5) is 43.8. The molecule has 2 aliphatic heterocycles. The van der Waals surface area contributed by atoms with E-state index in [4.69, 9.17) is 0 Å². The van der Waals surface area contributed by atoms with Gasteiger partial charge >= 0.3 is 0 Å². The van der Waals surface area contributed by atoms with Crippen molar-refractivity contribution in [2.45, 2.75) is 25.0 Å². The summed E-state index contributed by atoms with van der Waals surface area (Å²) >= 11 is 0. The average Bonchev–Trinajstić information content (AvgIpc) is 3.15. The van der Waals surface area contributed by atoms with Gasteiger partial charge in [0.15, 0.2) is 0 Å². The van der Waals surface area contributed by atoms with E-state index in [1.165, 1.54) is 10.9 Å². The molecule has 3 heterocycles. The van der Waals surface area contributed by atoms with E-state index in [0.29, 0.717) is 23.9 Å². The Morgan fingerprint density at radius 1 is 1.14 bits per heavy atom. The lowest BCUT2D eigenvalue weighted by atomic mass is 10.1. The zero-order valence-corrected chi connectivity index (χ0v) is 15.5. The van der Waals surface area contributed by atoms with E-state index in [1.807, 2.05) is 35.2 Å². The number of anilines is 2. The van der Waals surface area contributed by atoms with E-state index in [2.05, 4.69) is 15.6 Å². The van der Waals surface area contributed by atoms with Crippen LogP contribution in [0.2, 0.25) is 0 Å². The predicted molar refractivity (Wildman–Crippen MR) is 109 cm³/mol. The van der Waals surface area contributed by atoms with E-state index in [9.17, 15) is 14.4 Å². The van der Waals surface area contributed by atoms with Crippen LogP contribution in [0, 0.1) is 0 Å². The third kappa shape index (κ3) is 3.02. The van der Waals surface area contributed by atoms with Crippen LogP contribution in [0.3, 0.4) is 0 Å². The maximum Gasteiger partial charge on any atom is 0.261 e. The minimum Gasteiger partial charge on any atom is -0.356 e. The van der Waals surface area contributed by atoms with Gasteiger partial charge in [0.2, 0.25) is 11.8 Å². The van der Waals surface area contributed by atoms with E-state index >= 15 is 0 Å². The Morgan fingerprint density at radius 3 is 2.83 bits per heavy atom. The van der Waals surface area contributed by atoms with Crippen LogP contribution in [0.5, 0.6) is 0 Å². The molecule has 2 N–H and O–H groups in total. The molecular formula is C21H19N5O3. The van der Waals surface area contributed by atoms with Crippen molar-refractivity contribution in [3.05, 3.63) is 65.2 Å². The van der Waals surface area contributed by atoms with Crippen LogP contribution >= 0.6 is 0 Å². The van der Waals surface area contributed by atoms with Gasteiger partial charge in [-0.3, -0.25) is 19.0 Å². The van der Waals surface area contributed by atoms with Crippen molar-refractivity contribution in [1.82, 2.24) is 14.9 Å². The van der Waals surface area contributed by atoms with Crippen molar-refractivity contribution in [1.29, 1.82) is 0 Å². The molecule has 2 aliphatic rings. The highest BCUT2D eigenvalue weighted by Gasteiger charge is 2.41. The smallest absolute Gasteiger partial charge is 0.261 e. The second-order valence-electron chi connectivity index (χ2n) is 7.37.